The number of benzene rings is 2. The standard InChI is InChI=1S/C35H44FN7O4/c1-22-18-23(19-29(40-38)31(22)37)20-30(34(45)42-16-10-26(11-17-42)41-12-3-2-4-13-41)47-35(46)43-14-8-24(9-15-43)27-21-25-6-5-7-28(36)32(25)39-33(27)44/h5-7,18-19,21,24,26,30,38H,2-4,8-17,20,37H2,1H3,(H,39,44). The van der Waals surface area contributed by atoms with E-state index < -0.39 is 18.0 Å². The van der Waals surface area contributed by atoms with Crippen molar-refractivity contribution >= 4 is 34.3 Å². The second kappa shape index (κ2) is 14.2. The number of anilines is 1. The van der Waals surface area contributed by atoms with Gasteiger partial charge < -0.3 is 30.2 Å². The van der Waals surface area contributed by atoms with Gasteiger partial charge in [-0.1, -0.05) is 24.6 Å². The number of pyridine rings is 1. The van der Waals surface area contributed by atoms with Crippen LogP contribution >= 0.6 is 0 Å². The van der Waals surface area contributed by atoms with Gasteiger partial charge in [0.05, 0.1) is 11.2 Å². The molecule has 250 valence electrons. The average molecular weight is 646 g/mol. The van der Waals surface area contributed by atoms with E-state index in [0.29, 0.717) is 73.0 Å². The van der Waals surface area contributed by atoms with Gasteiger partial charge in [-0.25, -0.2) is 14.7 Å². The Morgan fingerprint density at radius 3 is 2.43 bits per heavy atom. The number of H-pyrrole nitrogens is 1. The Balaban J connectivity index is 1.14. The van der Waals surface area contributed by atoms with Gasteiger partial charge in [-0.15, -0.1) is 0 Å². The number of fused-ring (bicyclic) bond motifs is 1. The van der Waals surface area contributed by atoms with Crippen LogP contribution in [0.25, 0.3) is 10.9 Å². The molecular weight excluding hydrogens is 601 g/mol. The molecular formula is C35H44FN7O4. The van der Waals surface area contributed by atoms with E-state index in [-0.39, 0.29) is 29.3 Å². The zero-order valence-corrected chi connectivity index (χ0v) is 27.0. The van der Waals surface area contributed by atoms with Crippen LogP contribution in [0, 0.1) is 18.3 Å². The number of amides is 2. The Morgan fingerprint density at radius 2 is 1.72 bits per heavy atom. The number of ether oxygens (including phenoxy) is 1. The quantitative estimate of drug-likeness (QED) is 0.224. The lowest BCUT2D eigenvalue weighted by molar-refractivity contribution is -0.142. The Morgan fingerprint density at radius 1 is 1.02 bits per heavy atom. The minimum atomic E-state index is -1.05. The second-order valence-corrected chi connectivity index (χ2v) is 13.2. The maximum Gasteiger partial charge on any atom is 0.410 e. The van der Waals surface area contributed by atoms with Crippen LogP contribution in [-0.4, -0.2) is 83.1 Å². The number of aryl methyl sites for hydroxylation is 1. The number of nitrogens with one attached hydrogen (secondary N) is 2. The highest BCUT2D eigenvalue weighted by Gasteiger charge is 2.35. The normalized spacial score (nSPS) is 19.1. The molecule has 0 radical (unpaired) electrons. The summed E-state index contributed by atoms with van der Waals surface area (Å²) in [6.45, 7) is 5.98. The van der Waals surface area contributed by atoms with Crippen molar-refractivity contribution in [2.45, 2.75) is 76.4 Å². The van der Waals surface area contributed by atoms with Crippen LogP contribution in [-0.2, 0) is 16.0 Å². The van der Waals surface area contributed by atoms with E-state index in [2.05, 4.69) is 15.0 Å². The molecule has 1 aromatic heterocycles. The summed E-state index contributed by atoms with van der Waals surface area (Å²) in [7, 11) is 0. The summed E-state index contributed by atoms with van der Waals surface area (Å²) >= 11 is 0. The number of carbonyl (C=O) groups is 2. The molecule has 3 aromatic rings. The van der Waals surface area contributed by atoms with E-state index >= 15 is 0 Å². The SMILES string of the molecule is Cc1cc(CC(OC(=O)N2CCC(c3cc4cccc(F)c4[nH]c3=O)CC2)C(=O)N2CCC(N3CCCCC3)CC2)cc(N=N)c1N. The largest absolute Gasteiger partial charge is 0.436 e. The number of carbonyl (C=O) groups excluding carboxylic acids is 2. The van der Waals surface area contributed by atoms with Gasteiger partial charge in [-0.3, -0.25) is 9.59 Å². The molecule has 0 spiro atoms. The van der Waals surface area contributed by atoms with Crippen LogP contribution in [0.1, 0.15) is 67.6 Å². The molecule has 1 unspecified atom stereocenters. The van der Waals surface area contributed by atoms with Crippen LogP contribution in [0.15, 0.2) is 46.3 Å². The van der Waals surface area contributed by atoms with Gasteiger partial charge in [0.15, 0.2) is 6.10 Å². The molecule has 2 aromatic carbocycles. The minimum absolute atomic E-state index is 0.0982. The zero-order valence-electron chi connectivity index (χ0n) is 27.0. The Hall–Kier alpha value is -4.32. The molecule has 4 N–H and O–H groups in total. The maximum absolute atomic E-state index is 14.2. The highest BCUT2D eigenvalue weighted by atomic mass is 19.1. The Kier molecular flexibility index (Phi) is 9.86. The van der Waals surface area contributed by atoms with Crippen LogP contribution in [0.2, 0.25) is 0 Å². The second-order valence-electron chi connectivity index (χ2n) is 13.2. The molecule has 11 nitrogen and oxygen atoms in total. The number of likely N-dealkylation sites (tertiary alicyclic amines) is 3. The van der Waals surface area contributed by atoms with Crippen LogP contribution in [0.3, 0.4) is 0 Å². The van der Waals surface area contributed by atoms with Crippen molar-refractivity contribution in [3.05, 3.63) is 69.3 Å². The van der Waals surface area contributed by atoms with Crippen molar-refractivity contribution in [2.24, 2.45) is 5.11 Å². The van der Waals surface area contributed by atoms with Gasteiger partial charge in [-0.2, -0.15) is 5.11 Å². The number of nitrogens with zero attached hydrogens (tertiary/aromatic N) is 4. The molecule has 3 aliphatic rings. The molecule has 12 heteroatoms. The number of piperidine rings is 3. The fourth-order valence-electron chi connectivity index (χ4n) is 7.48. The first-order chi connectivity index (χ1) is 22.7. The number of nitrogens with two attached hydrogens (primary N) is 1. The number of hydrogen-bond acceptors (Lipinski definition) is 8. The van der Waals surface area contributed by atoms with Crippen molar-refractivity contribution in [3.8, 4) is 0 Å². The maximum atomic E-state index is 14.2. The summed E-state index contributed by atoms with van der Waals surface area (Å²) < 4.78 is 20.2. The van der Waals surface area contributed by atoms with E-state index in [9.17, 15) is 18.8 Å². The lowest BCUT2D eigenvalue weighted by Gasteiger charge is -2.41. The lowest BCUT2D eigenvalue weighted by Crippen LogP contribution is -2.52. The first-order valence-electron chi connectivity index (χ1n) is 16.8. The predicted octanol–water partition coefficient (Wildman–Crippen LogP) is 5.62. The molecule has 3 saturated heterocycles. The predicted molar refractivity (Wildman–Crippen MR) is 177 cm³/mol. The highest BCUT2D eigenvalue weighted by Crippen LogP contribution is 2.31. The monoisotopic (exact) mass is 645 g/mol. The highest BCUT2D eigenvalue weighted by molar-refractivity contribution is 5.84. The minimum Gasteiger partial charge on any atom is -0.436 e. The molecule has 3 fully saturated rings. The summed E-state index contributed by atoms with van der Waals surface area (Å²) in [5.41, 5.74) is 16.2. The third-order valence-corrected chi connectivity index (χ3v) is 10.2. The molecule has 0 saturated carbocycles. The smallest absolute Gasteiger partial charge is 0.410 e. The van der Waals surface area contributed by atoms with Gasteiger partial charge in [0.25, 0.3) is 11.5 Å². The summed E-state index contributed by atoms with van der Waals surface area (Å²) in [6, 6.07) is 10.4. The van der Waals surface area contributed by atoms with E-state index in [1.807, 2.05) is 17.9 Å². The molecule has 47 heavy (non-hydrogen) atoms. The molecule has 0 bridgehead atoms. The fourth-order valence-corrected chi connectivity index (χ4v) is 7.48. The Labute approximate surface area is 273 Å². The van der Waals surface area contributed by atoms with Crippen LogP contribution in [0.4, 0.5) is 20.6 Å². The number of para-hydroxylation sites is 1. The zero-order chi connectivity index (χ0) is 33.1. The number of nitrogen functional groups attached to an aromatic ring is 1. The summed E-state index contributed by atoms with van der Waals surface area (Å²) in [5, 5.41) is 4.17. The van der Waals surface area contributed by atoms with E-state index in [1.165, 1.54) is 25.3 Å². The summed E-state index contributed by atoms with van der Waals surface area (Å²) in [4.78, 5) is 49.0. The van der Waals surface area contributed by atoms with Crippen molar-refractivity contribution in [3.63, 3.8) is 0 Å². The molecule has 3 aliphatic heterocycles. The van der Waals surface area contributed by atoms with Crippen LogP contribution < -0.4 is 11.3 Å². The van der Waals surface area contributed by atoms with Crippen molar-refractivity contribution < 1.29 is 18.7 Å². The van der Waals surface area contributed by atoms with Gasteiger partial charge in [0.1, 0.15) is 11.5 Å². The fraction of sp³-hybridized carbons (Fsp3) is 0.514. The first kappa shape index (κ1) is 32.6. The van der Waals surface area contributed by atoms with Gasteiger partial charge >= 0.3 is 6.09 Å². The van der Waals surface area contributed by atoms with E-state index in [4.69, 9.17) is 16.0 Å². The summed E-state index contributed by atoms with van der Waals surface area (Å²) in [5.74, 6) is -0.795. The first-order valence-corrected chi connectivity index (χ1v) is 16.8. The molecule has 4 heterocycles. The van der Waals surface area contributed by atoms with E-state index in [0.717, 1.165) is 31.5 Å². The third-order valence-electron chi connectivity index (χ3n) is 10.2. The lowest BCUT2D eigenvalue weighted by atomic mass is 9.89. The van der Waals surface area contributed by atoms with Gasteiger partial charge in [0.2, 0.25) is 0 Å². The molecule has 0 aliphatic carbocycles. The van der Waals surface area contributed by atoms with Crippen LogP contribution in [0.5, 0.6) is 0 Å². The average Bonchev–Trinajstić information content (AvgIpc) is 3.10. The summed E-state index contributed by atoms with van der Waals surface area (Å²) in [6.07, 6.45) is 5.10. The molecule has 2 amide bonds. The number of halogens is 1. The van der Waals surface area contributed by atoms with E-state index in [1.54, 1.807) is 29.2 Å². The van der Waals surface area contributed by atoms with Gasteiger partial charge in [-0.05, 0) is 93.8 Å². The number of aromatic amines is 1. The molecule has 1 atom stereocenters. The topological polar surface area (TPSA) is 148 Å². The number of aromatic nitrogens is 1. The Bertz CT molecular complexity index is 1690. The van der Waals surface area contributed by atoms with Crippen molar-refractivity contribution in [2.75, 3.05) is 45.0 Å². The number of rotatable bonds is 7. The van der Waals surface area contributed by atoms with Gasteiger partial charge in [0, 0.05) is 49.6 Å². The van der Waals surface area contributed by atoms with Crippen molar-refractivity contribution in [1.29, 1.82) is 5.53 Å². The third kappa shape index (κ3) is 7.17. The molecule has 6 rings (SSSR count). The number of hydrogen-bond donors (Lipinski definition) is 3. The van der Waals surface area contributed by atoms with Crippen molar-refractivity contribution in [1.82, 2.24) is 19.7 Å².